The number of rotatable bonds is 7. The number of thioether (sulfide) groups is 1. The summed E-state index contributed by atoms with van der Waals surface area (Å²) >= 11 is 2.88. The van der Waals surface area contributed by atoms with Crippen molar-refractivity contribution in [1.82, 2.24) is 9.55 Å². The summed E-state index contributed by atoms with van der Waals surface area (Å²) < 4.78 is 2.40. The minimum Gasteiger partial charge on any atom is -0.286 e. The fraction of sp³-hybridized carbons (Fsp3) is 0.143. The van der Waals surface area contributed by atoms with Crippen LogP contribution in [0.2, 0.25) is 0 Å². The first-order valence-electron chi connectivity index (χ1n) is 9.00. The van der Waals surface area contributed by atoms with Crippen molar-refractivity contribution in [3.8, 4) is 0 Å². The van der Waals surface area contributed by atoms with Crippen molar-refractivity contribution in [2.45, 2.75) is 23.9 Å². The number of hydrogen-bond donors (Lipinski definition) is 0. The van der Waals surface area contributed by atoms with Crippen LogP contribution in [0.3, 0.4) is 0 Å². The maximum Gasteiger partial charge on any atom is 0.272 e. The van der Waals surface area contributed by atoms with E-state index in [0.717, 1.165) is 17.5 Å². The predicted octanol–water partition coefficient (Wildman–Crippen LogP) is 4.90. The van der Waals surface area contributed by atoms with E-state index in [-0.39, 0.29) is 11.2 Å². The predicted molar refractivity (Wildman–Crippen MR) is 117 cm³/mol. The quantitative estimate of drug-likeness (QED) is 0.183. The maximum atomic E-state index is 13.0. The Morgan fingerprint density at radius 2 is 1.79 bits per heavy atom. The summed E-state index contributed by atoms with van der Waals surface area (Å²) in [5, 5.41) is 13.4. The standard InChI is InChI=1S/C21H17N3O3S2/c25-20-19-18(11-13-28-19)22-21(23(20)12-10-15-4-2-1-3-5-15)29-14-16-6-8-17(9-7-16)24(26)27/h1-9,11,13H,10,12,14H2. The molecule has 0 amide bonds. The van der Waals surface area contributed by atoms with Gasteiger partial charge in [0, 0.05) is 24.4 Å². The maximum absolute atomic E-state index is 13.0. The van der Waals surface area contributed by atoms with Gasteiger partial charge < -0.3 is 0 Å². The van der Waals surface area contributed by atoms with Gasteiger partial charge >= 0.3 is 0 Å². The number of hydrogen-bond acceptors (Lipinski definition) is 6. The minimum absolute atomic E-state index is 0.0212. The lowest BCUT2D eigenvalue weighted by Gasteiger charge is -2.12. The van der Waals surface area contributed by atoms with Crippen LogP contribution in [-0.2, 0) is 18.7 Å². The van der Waals surface area contributed by atoms with E-state index >= 15 is 0 Å². The SMILES string of the molecule is O=c1c2sccc2nc(SCc2ccc([N+](=O)[O-])cc2)n1CCc1ccccc1. The summed E-state index contributed by atoms with van der Waals surface area (Å²) in [7, 11) is 0. The molecule has 4 aromatic rings. The Labute approximate surface area is 175 Å². The Kier molecular flexibility index (Phi) is 5.73. The molecular formula is C21H17N3O3S2. The van der Waals surface area contributed by atoms with Crippen LogP contribution in [0.5, 0.6) is 0 Å². The largest absolute Gasteiger partial charge is 0.286 e. The number of nitrogens with zero attached hydrogens (tertiary/aromatic N) is 3. The molecule has 8 heteroatoms. The van der Waals surface area contributed by atoms with E-state index < -0.39 is 4.92 Å². The van der Waals surface area contributed by atoms with Gasteiger partial charge in [-0.05, 0) is 29.0 Å². The Bertz CT molecular complexity index is 1200. The zero-order chi connectivity index (χ0) is 20.2. The van der Waals surface area contributed by atoms with Gasteiger partial charge in [-0.2, -0.15) is 0 Å². The fourth-order valence-electron chi connectivity index (χ4n) is 2.98. The number of nitro groups is 1. The van der Waals surface area contributed by atoms with Gasteiger partial charge in [0.25, 0.3) is 11.2 Å². The van der Waals surface area contributed by atoms with Gasteiger partial charge in [-0.1, -0.05) is 54.2 Å². The molecule has 0 radical (unpaired) electrons. The van der Waals surface area contributed by atoms with E-state index in [1.165, 1.54) is 35.2 Å². The van der Waals surface area contributed by atoms with Crippen LogP contribution >= 0.6 is 23.1 Å². The third kappa shape index (κ3) is 4.38. The summed E-state index contributed by atoms with van der Waals surface area (Å²) in [6.07, 6.45) is 0.740. The van der Waals surface area contributed by atoms with Crippen molar-refractivity contribution in [3.05, 3.63) is 97.6 Å². The highest BCUT2D eigenvalue weighted by Crippen LogP contribution is 2.25. The van der Waals surface area contributed by atoms with E-state index in [2.05, 4.69) is 0 Å². The summed E-state index contributed by atoms with van der Waals surface area (Å²) in [5.74, 6) is 0.575. The molecule has 0 saturated heterocycles. The molecule has 2 aromatic heterocycles. The van der Waals surface area contributed by atoms with Gasteiger partial charge in [0.15, 0.2) is 5.16 Å². The van der Waals surface area contributed by atoms with E-state index in [1.54, 1.807) is 16.7 Å². The molecule has 2 heterocycles. The molecule has 146 valence electrons. The van der Waals surface area contributed by atoms with Crippen LogP contribution in [0, 0.1) is 10.1 Å². The highest BCUT2D eigenvalue weighted by molar-refractivity contribution is 7.98. The molecule has 2 aromatic carbocycles. The smallest absolute Gasteiger partial charge is 0.272 e. The normalized spacial score (nSPS) is 11.0. The first-order valence-corrected chi connectivity index (χ1v) is 10.9. The topological polar surface area (TPSA) is 78.0 Å². The second-order valence-corrected chi connectivity index (χ2v) is 8.29. The van der Waals surface area contributed by atoms with Crippen molar-refractivity contribution >= 4 is 39.0 Å². The molecule has 4 rings (SSSR count). The molecule has 0 spiro atoms. The summed E-state index contributed by atoms with van der Waals surface area (Å²) in [4.78, 5) is 28.1. The molecule has 0 atom stereocenters. The highest BCUT2D eigenvalue weighted by atomic mass is 32.2. The van der Waals surface area contributed by atoms with Crippen LogP contribution < -0.4 is 5.56 Å². The lowest BCUT2D eigenvalue weighted by atomic mass is 10.1. The van der Waals surface area contributed by atoms with Gasteiger partial charge in [-0.3, -0.25) is 19.5 Å². The summed E-state index contributed by atoms with van der Waals surface area (Å²) in [5.41, 5.74) is 2.86. The summed E-state index contributed by atoms with van der Waals surface area (Å²) in [6, 6.07) is 18.4. The van der Waals surface area contributed by atoms with Crippen molar-refractivity contribution in [2.75, 3.05) is 0 Å². The Hall–Kier alpha value is -2.97. The molecule has 6 nitrogen and oxygen atoms in total. The number of aromatic nitrogens is 2. The van der Waals surface area contributed by atoms with E-state index in [9.17, 15) is 14.9 Å². The molecule has 0 unspecified atom stereocenters. The van der Waals surface area contributed by atoms with Crippen molar-refractivity contribution in [2.24, 2.45) is 0 Å². The molecule has 0 bridgehead atoms. The minimum atomic E-state index is -0.412. The molecule has 29 heavy (non-hydrogen) atoms. The molecule has 0 saturated carbocycles. The van der Waals surface area contributed by atoms with Gasteiger partial charge in [0.1, 0.15) is 4.70 Å². The van der Waals surface area contributed by atoms with Crippen molar-refractivity contribution in [3.63, 3.8) is 0 Å². The van der Waals surface area contributed by atoms with E-state index in [4.69, 9.17) is 4.98 Å². The molecule has 0 aliphatic carbocycles. The Morgan fingerprint density at radius 3 is 2.52 bits per heavy atom. The van der Waals surface area contributed by atoms with Crippen LogP contribution in [0.25, 0.3) is 10.2 Å². The second kappa shape index (κ2) is 8.59. The van der Waals surface area contributed by atoms with Crippen LogP contribution in [0.4, 0.5) is 5.69 Å². The third-order valence-corrected chi connectivity index (χ3v) is 6.45. The van der Waals surface area contributed by atoms with Gasteiger partial charge in [-0.15, -0.1) is 11.3 Å². The average Bonchev–Trinajstić information content (AvgIpc) is 3.21. The summed E-state index contributed by atoms with van der Waals surface area (Å²) in [6.45, 7) is 0.548. The van der Waals surface area contributed by atoms with Crippen molar-refractivity contribution < 1.29 is 4.92 Å². The monoisotopic (exact) mass is 423 g/mol. The number of thiophene rings is 1. The van der Waals surface area contributed by atoms with Crippen LogP contribution in [-0.4, -0.2) is 14.5 Å². The lowest BCUT2D eigenvalue weighted by Crippen LogP contribution is -2.23. The molecule has 0 aliphatic heterocycles. The third-order valence-electron chi connectivity index (χ3n) is 4.51. The lowest BCUT2D eigenvalue weighted by molar-refractivity contribution is -0.384. The van der Waals surface area contributed by atoms with Gasteiger partial charge in [-0.25, -0.2) is 4.98 Å². The Morgan fingerprint density at radius 1 is 1.03 bits per heavy atom. The van der Waals surface area contributed by atoms with Gasteiger partial charge in [0.05, 0.1) is 10.4 Å². The average molecular weight is 424 g/mol. The molecule has 0 N–H and O–H groups in total. The van der Waals surface area contributed by atoms with E-state index in [1.807, 2.05) is 41.8 Å². The number of non-ortho nitro benzene ring substituents is 1. The van der Waals surface area contributed by atoms with Crippen LogP contribution in [0.1, 0.15) is 11.1 Å². The fourth-order valence-corrected chi connectivity index (χ4v) is 4.74. The number of fused-ring (bicyclic) bond motifs is 1. The zero-order valence-corrected chi connectivity index (χ0v) is 17.0. The molecular weight excluding hydrogens is 406 g/mol. The van der Waals surface area contributed by atoms with Crippen LogP contribution in [0.15, 0.2) is 76.0 Å². The van der Waals surface area contributed by atoms with Gasteiger partial charge in [0.2, 0.25) is 0 Å². The zero-order valence-electron chi connectivity index (χ0n) is 15.4. The first-order chi connectivity index (χ1) is 14.1. The highest BCUT2D eigenvalue weighted by Gasteiger charge is 2.13. The van der Waals surface area contributed by atoms with Crippen molar-refractivity contribution in [1.29, 1.82) is 0 Å². The molecule has 0 fully saturated rings. The first kappa shape index (κ1) is 19.4. The Balaban J connectivity index is 1.59. The number of nitro benzene ring substituents is 1. The second-order valence-electron chi connectivity index (χ2n) is 6.43. The number of aryl methyl sites for hydroxylation is 1. The molecule has 0 aliphatic rings. The number of benzene rings is 2. The van der Waals surface area contributed by atoms with E-state index in [0.29, 0.717) is 27.7 Å².